The van der Waals surface area contributed by atoms with Crippen molar-refractivity contribution in [2.45, 2.75) is 18.9 Å². The normalized spacial score (nSPS) is 17.0. The second-order valence-corrected chi connectivity index (χ2v) is 5.44. The molecular weight excluding hydrogens is 294 g/mol. The molecule has 5 nitrogen and oxygen atoms in total. The number of aliphatic carboxylic acids is 1. The van der Waals surface area contributed by atoms with E-state index in [4.69, 9.17) is 4.74 Å². The summed E-state index contributed by atoms with van der Waals surface area (Å²) in [7, 11) is 0. The number of carbonyl (C=O) groups excluding carboxylic acids is 1. The van der Waals surface area contributed by atoms with E-state index in [1.54, 1.807) is 24.3 Å². The number of hydrogen-bond acceptors (Lipinski definition) is 3. The van der Waals surface area contributed by atoms with Crippen molar-refractivity contribution < 1.29 is 19.4 Å². The molecule has 5 heteroatoms. The van der Waals surface area contributed by atoms with Gasteiger partial charge in [-0.2, -0.15) is 0 Å². The van der Waals surface area contributed by atoms with E-state index in [1.807, 2.05) is 30.3 Å². The molecule has 2 aromatic rings. The number of ether oxygens (including phenoxy) is 1. The first kappa shape index (κ1) is 15.1. The molecule has 1 atom stereocenters. The van der Waals surface area contributed by atoms with Crippen molar-refractivity contribution in [1.29, 1.82) is 0 Å². The third kappa shape index (κ3) is 3.34. The Balaban J connectivity index is 1.79. The lowest BCUT2D eigenvalue weighted by Crippen LogP contribution is -2.40. The van der Waals surface area contributed by atoms with Gasteiger partial charge in [-0.3, -0.25) is 4.79 Å². The molecule has 1 N–H and O–H groups in total. The minimum Gasteiger partial charge on any atom is -0.480 e. The monoisotopic (exact) mass is 311 g/mol. The molecule has 118 valence electrons. The molecule has 3 rings (SSSR count). The second-order valence-electron chi connectivity index (χ2n) is 5.44. The predicted molar refractivity (Wildman–Crippen MR) is 84.7 cm³/mol. The number of hydrogen-bond donors (Lipinski definition) is 1. The lowest BCUT2D eigenvalue weighted by atomic mass is 10.1. The van der Waals surface area contributed by atoms with Crippen LogP contribution in [0.2, 0.25) is 0 Å². The summed E-state index contributed by atoms with van der Waals surface area (Å²) in [6.45, 7) is 0.472. The van der Waals surface area contributed by atoms with Gasteiger partial charge in [0, 0.05) is 12.1 Å². The van der Waals surface area contributed by atoms with Crippen LogP contribution in [0.5, 0.6) is 11.5 Å². The fourth-order valence-electron chi connectivity index (χ4n) is 2.75. The SMILES string of the molecule is O=C(O)C1CCCN1C(=O)c1cccc(Oc2ccccc2)c1. The van der Waals surface area contributed by atoms with Crippen molar-refractivity contribution in [3.05, 3.63) is 60.2 Å². The van der Waals surface area contributed by atoms with E-state index in [-0.39, 0.29) is 5.91 Å². The molecule has 23 heavy (non-hydrogen) atoms. The average Bonchev–Trinajstić information content (AvgIpc) is 3.05. The quantitative estimate of drug-likeness (QED) is 0.942. The third-order valence-corrected chi connectivity index (χ3v) is 3.86. The van der Waals surface area contributed by atoms with E-state index < -0.39 is 12.0 Å². The number of nitrogens with zero attached hydrogens (tertiary/aromatic N) is 1. The van der Waals surface area contributed by atoms with Crippen LogP contribution in [0, 0.1) is 0 Å². The first-order chi connectivity index (χ1) is 11.1. The molecule has 0 aromatic heterocycles. The highest BCUT2D eigenvalue weighted by Crippen LogP contribution is 2.25. The molecule has 0 radical (unpaired) electrons. The van der Waals surface area contributed by atoms with E-state index in [1.165, 1.54) is 4.90 Å². The van der Waals surface area contributed by atoms with Crippen LogP contribution in [0.15, 0.2) is 54.6 Å². The van der Waals surface area contributed by atoms with Gasteiger partial charge in [-0.1, -0.05) is 24.3 Å². The molecule has 1 saturated heterocycles. The minimum absolute atomic E-state index is 0.270. The molecule has 0 saturated carbocycles. The van der Waals surface area contributed by atoms with Gasteiger partial charge in [0.25, 0.3) is 5.91 Å². The molecule has 2 aromatic carbocycles. The number of carbonyl (C=O) groups is 2. The maximum Gasteiger partial charge on any atom is 0.326 e. The van der Waals surface area contributed by atoms with Crippen LogP contribution in [0.3, 0.4) is 0 Å². The van der Waals surface area contributed by atoms with Crippen molar-refractivity contribution in [2.75, 3.05) is 6.54 Å². The summed E-state index contributed by atoms with van der Waals surface area (Å²) >= 11 is 0. The van der Waals surface area contributed by atoms with Crippen LogP contribution in [0.1, 0.15) is 23.2 Å². The first-order valence-electron chi connectivity index (χ1n) is 7.52. The molecule has 0 aliphatic carbocycles. The summed E-state index contributed by atoms with van der Waals surface area (Å²) < 4.78 is 5.72. The highest BCUT2D eigenvalue weighted by Gasteiger charge is 2.34. The van der Waals surface area contributed by atoms with Crippen LogP contribution >= 0.6 is 0 Å². The Morgan fingerprint density at radius 1 is 1.04 bits per heavy atom. The molecule has 0 spiro atoms. The van der Waals surface area contributed by atoms with Crippen LogP contribution < -0.4 is 4.74 Å². The zero-order chi connectivity index (χ0) is 16.2. The Hall–Kier alpha value is -2.82. The number of carboxylic acid groups (broad SMARTS) is 1. The second kappa shape index (κ2) is 6.52. The lowest BCUT2D eigenvalue weighted by molar-refractivity contribution is -0.141. The molecule has 1 aliphatic rings. The molecular formula is C18H17NO4. The van der Waals surface area contributed by atoms with E-state index in [0.29, 0.717) is 36.4 Å². The number of benzene rings is 2. The Labute approximate surface area is 134 Å². The van der Waals surface area contributed by atoms with Gasteiger partial charge in [0.05, 0.1) is 0 Å². The maximum atomic E-state index is 12.6. The number of amides is 1. The van der Waals surface area contributed by atoms with Gasteiger partial charge in [0.15, 0.2) is 0 Å². The molecule has 1 heterocycles. The summed E-state index contributed by atoms with van der Waals surface area (Å²) in [6, 6.07) is 15.4. The third-order valence-electron chi connectivity index (χ3n) is 3.86. The number of likely N-dealkylation sites (tertiary alicyclic amines) is 1. The fourth-order valence-corrected chi connectivity index (χ4v) is 2.75. The summed E-state index contributed by atoms with van der Waals surface area (Å²) in [6.07, 6.45) is 1.21. The van der Waals surface area contributed by atoms with Crippen molar-refractivity contribution in [3.8, 4) is 11.5 Å². The van der Waals surface area contributed by atoms with Gasteiger partial charge in [0.2, 0.25) is 0 Å². The van der Waals surface area contributed by atoms with Crippen LogP contribution in [-0.4, -0.2) is 34.5 Å². The topological polar surface area (TPSA) is 66.8 Å². The summed E-state index contributed by atoms with van der Waals surface area (Å²) in [4.78, 5) is 25.2. The zero-order valence-corrected chi connectivity index (χ0v) is 12.5. The number of para-hydroxylation sites is 1. The summed E-state index contributed by atoms with van der Waals surface area (Å²) in [5, 5.41) is 9.21. The Bertz CT molecular complexity index is 714. The van der Waals surface area contributed by atoms with E-state index in [0.717, 1.165) is 0 Å². The standard InChI is InChI=1S/C18H17NO4/c20-17(19-11-5-10-16(19)18(21)22)13-6-4-9-15(12-13)23-14-7-2-1-3-8-14/h1-4,6-9,12,16H,5,10-11H2,(H,21,22). The van der Waals surface area contributed by atoms with E-state index in [9.17, 15) is 14.7 Å². The summed E-state index contributed by atoms with van der Waals surface area (Å²) in [5.41, 5.74) is 0.437. The van der Waals surface area contributed by atoms with Crippen LogP contribution in [0.25, 0.3) is 0 Å². The number of carboxylic acids is 1. The van der Waals surface area contributed by atoms with E-state index >= 15 is 0 Å². The van der Waals surface area contributed by atoms with Gasteiger partial charge in [-0.15, -0.1) is 0 Å². The first-order valence-corrected chi connectivity index (χ1v) is 7.52. The minimum atomic E-state index is -0.951. The van der Waals surface area contributed by atoms with Crippen molar-refractivity contribution in [1.82, 2.24) is 4.90 Å². The number of rotatable bonds is 4. The molecule has 1 unspecified atom stereocenters. The highest BCUT2D eigenvalue weighted by atomic mass is 16.5. The molecule has 1 fully saturated rings. The smallest absolute Gasteiger partial charge is 0.326 e. The Morgan fingerprint density at radius 3 is 2.52 bits per heavy atom. The highest BCUT2D eigenvalue weighted by molar-refractivity contribution is 5.97. The molecule has 1 amide bonds. The maximum absolute atomic E-state index is 12.6. The van der Waals surface area contributed by atoms with Gasteiger partial charge < -0.3 is 14.7 Å². The zero-order valence-electron chi connectivity index (χ0n) is 12.5. The van der Waals surface area contributed by atoms with Crippen molar-refractivity contribution >= 4 is 11.9 Å². The Kier molecular flexibility index (Phi) is 4.28. The molecule has 1 aliphatic heterocycles. The fraction of sp³-hybridized carbons (Fsp3) is 0.222. The van der Waals surface area contributed by atoms with Gasteiger partial charge >= 0.3 is 5.97 Å². The van der Waals surface area contributed by atoms with Gasteiger partial charge in [0.1, 0.15) is 17.5 Å². The van der Waals surface area contributed by atoms with E-state index in [2.05, 4.69) is 0 Å². The van der Waals surface area contributed by atoms with Gasteiger partial charge in [-0.05, 0) is 43.2 Å². The summed E-state index contributed by atoms with van der Waals surface area (Å²) in [5.74, 6) is 0.00996. The van der Waals surface area contributed by atoms with Crippen LogP contribution in [-0.2, 0) is 4.79 Å². The van der Waals surface area contributed by atoms with Crippen molar-refractivity contribution in [3.63, 3.8) is 0 Å². The van der Waals surface area contributed by atoms with Crippen molar-refractivity contribution in [2.24, 2.45) is 0 Å². The average molecular weight is 311 g/mol. The molecule has 0 bridgehead atoms. The Morgan fingerprint density at radius 2 is 1.78 bits per heavy atom. The predicted octanol–water partition coefficient (Wildman–Crippen LogP) is 3.17. The van der Waals surface area contributed by atoms with Crippen LogP contribution in [0.4, 0.5) is 0 Å². The largest absolute Gasteiger partial charge is 0.480 e. The van der Waals surface area contributed by atoms with Gasteiger partial charge in [-0.25, -0.2) is 4.79 Å². The lowest BCUT2D eigenvalue weighted by Gasteiger charge is -2.21.